The summed E-state index contributed by atoms with van der Waals surface area (Å²) in [7, 11) is 3.09. The second kappa shape index (κ2) is 8.99. The summed E-state index contributed by atoms with van der Waals surface area (Å²) >= 11 is 0. The molecule has 3 rings (SSSR count). The third-order valence-electron chi connectivity index (χ3n) is 4.79. The molecule has 0 fully saturated rings. The van der Waals surface area contributed by atoms with E-state index in [-0.39, 0.29) is 18.3 Å². The first-order valence-corrected chi connectivity index (χ1v) is 9.23. The van der Waals surface area contributed by atoms with E-state index in [1.54, 1.807) is 25.3 Å². The summed E-state index contributed by atoms with van der Waals surface area (Å²) in [5.41, 5.74) is 2.64. The molecule has 0 spiro atoms. The van der Waals surface area contributed by atoms with Crippen LogP contribution in [0.5, 0.6) is 23.0 Å². The van der Waals surface area contributed by atoms with Gasteiger partial charge < -0.3 is 29.2 Å². The number of aliphatic hydroxyl groups is 1. The van der Waals surface area contributed by atoms with Crippen molar-refractivity contribution >= 4 is 6.08 Å². The molecule has 150 valence electrons. The molecule has 2 N–H and O–H groups in total. The van der Waals surface area contributed by atoms with Crippen molar-refractivity contribution in [3.8, 4) is 23.0 Å². The molecular weight excluding hydrogens is 360 g/mol. The van der Waals surface area contributed by atoms with Crippen LogP contribution in [0.4, 0.5) is 0 Å². The highest BCUT2D eigenvalue weighted by molar-refractivity contribution is 5.62. The Hall–Kier alpha value is -2.70. The molecule has 0 saturated heterocycles. The number of ether oxygens (including phenoxy) is 4. The topological polar surface area (TPSA) is 77.4 Å². The van der Waals surface area contributed by atoms with Crippen molar-refractivity contribution in [2.45, 2.75) is 18.9 Å². The number of aliphatic hydroxyl groups excluding tert-OH is 1. The van der Waals surface area contributed by atoms with E-state index in [0.717, 1.165) is 16.7 Å². The van der Waals surface area contributed by atoms with Gasteiger partial charge in [0.05, 0.1) is 33.4 Å². The molecule has 2 unspecified atom stereocenters. The average molecular weight is 386 g/mol. The van der Waals surface area contributed by atoms with E-state index in [4.69, 9.17) is 18.9 Å². The molecular formula is C22H26O6. The van der Waals surface area contributed by atoms with Crippen LogP contribution in [0.25, 0.3) is 6.08 Å². The Morgan fingerprint density at radius 1 is 1.11 bits per heavy atom. The quantitative estimate of drug-likeness (QED) is 0.674. The predicted octanol–water partition coefficient (Wildman–Crippen LogP) is 3.67. The minimum atomic E-state index is -0.411. The molecule has 0 radical (unpaired) electrons. The molecule has 28 heavy (non-hydrogen) atoms. The van der Waals surface area contributed by atoms with Crippen molar-refractivity contribution in [3.63, 3.8) is 0 Å². The smallest absolute Gasteiger partial charge is 0.165 e. The molecule has 1 aliphatic rings. The fourth-order valence-electron chi connectivity index (χ4n) is 3.40. The van der Waals surface area contributed by atoms with Crippen molar-refractivity contribution < 1.29 is 29.2 Å². The molecule has 1 heterocycles. The van der Waals surface area contributed by atoms with Crippen molar-refractivity contribution in [2.75, 3.05) is 34.0 Å². The number of phenols is 1. The number of hydrogen-bond donors (Lipinski definition) is 2. The summed E-state index contributed by atoms with van der Waals surface area (Å²) in [6.45, 7) is 3.06. The van der Waals surface area contributed by atoms with Crippen LogP contribution >= 0.6 is 0 Å². The number of benzene rings is 2. The number of rotatable bonds is 8. The summed E-state index contributed by atoms with van der Waals surface area (Å²) in [5, 5.41) is 19.9. The summed E-state index contributed by atoms with van der Waals surface area (Å²) in [5.74, 6) is 1.39. The lowest BCUT2D eigenvalue weighted by Gasteiger charge is -2.18. The SMILES string of the molecule is CCOC/C=C/c1cc(OC)c2c(c1)C(CO)C(c1ccc(O)c(OC)c1)O2. The van der Waals surface area contributed by atoms with Gasteiger partial charge in [0.2, 0.25) is 0 Å². The Labute approximate surface area is 164 Å². The minimum absolute atomic E-state index is 0.0570. The largest absolute Gasteiger partial charge is 0.504 e. The van der Waals surface area contributed by atoms with Crippen LogP contribution in [0.1, 0.15) is 35.6 Å². The van der Waals surface area contributed by atoms with Crippen LogP contribution in [-0.2, 0) is 4.74 Å². The Balaban J connectivity index is 1.96. The lowest BCUT2D eigenvalue weighted by atomic mass is 9.90. The van der Waals surface area contributed by atoms with Gasteiger partial charge in [0.1, 0.15) is 6.10 Å². The van der Waals surface area contributed by atoms with E-state index in [2.05, 4.69) is 0 Å². The zero-order valence-electron chi connectivity index (χ0n) is 16.3. The molecule has 0 aliphatic carbocycles. The fraction of sp³-hybridized carbons (Fsp3) is 0.364. The molecule has 6 nitrogen and oxygen atoms in total. The molecule has 0 saturated carbocycles. The predicted molar refractivity (Wildman–Crippen MR) is 106 cm³/mol. The van der Waals surface area contributed by atoms with Gasteiger partial charge in [-0.05, 0) is 42.3 Å². The number of phenolic OH excluding ortho intramolecular Hbond substituents is 1. The van der Waals surface area contributed by atoms with E-state index in [9.17, 15) is 10.2 Å². The lowest BCUT2D eigenvalue weighted by molar-refractivity contribution is 0.157. The minimum Gasteiger partial charge on any atom is -0.504 e. The van der Waals surface area contributed by atoms with Gasteiger partial charge in [-0.15, -0.1) is 0 Å². The molecule has 6 heteroatoms. The van der Waals surface area contributed by atoms with E-state index in [1.807, 2.05) is 31.2 Å². The zero-order valence-corrected chi connectivity index (χ0v) is 16.3. The van der Waals surface area contributed by atoms with Gasteiger partial charge in [-0.25, -0.2) is 0 Å². The average Bonchev–Trinajstić information content (AvgIpc) is 3.09. The van der Waals surface area contributed by atoms with E-state index >= 15 is 0 Å². The number of methoxy groups -OCH3 is 2. The lowest BCUT2D eigenvalue weighted by Crippen LogP contribution is -2.13. The Kier molecular flexibility index (Phi) is 6.44. The molecule has 2 aromatic carbocycles. The maximum Gasteiger partial charge on any atom is 0.165 e. The molecule has 0 bridgehead atoms. The highest BCUT2D eigenvalue weighted by Crippen LogP contribution is 2.51. The summed E-state index contributed by atoms with van der Waals surface area (Å²) in [6, 6.07) is 8.96. The van der Waals surface area contributed by atoms with Crippen molar-refractivity contribution in [2.24, 2.45) is 0 Å². The molecule has 0 amide bonds. The van der Waals surface area contributed by atoms with Gasteiger partial charge in [0, 0.05) is 12.2 Å². The van der Waals surface area contributed by atoms with Crippen LogP contribution < -0.4 is 14.2 Å². The summed E-state index contributed by atoms with van der Waals surface area (Å²) in [6.07, 6.45) is 3.49. The molecule has 0 aromatic heterocycles. The Bertz CT molecular complexity index is 845. The van der Waals surface area contributed by atoms with Gasteiger partial charge in [0.15, 0.2) is 23.0 Å². The Morgan fingerprint density at radius 2 is 1.89 bits per heavy atom. The highest BCUT2D eigenvalue weighted by Gasteiger charge is 2.37. The maximum atomic E-state index is 10.1. The summed E-state index contributed by atoms with van der Waals surface area (Å²) in [4.78, 5) is 0. The normalized spacial score (nSPS) is 18.1. The van der Waals surface area contributed by atoms with Crippen LogP contribution in [-0.4, -0.2) is 44.3 Å². The van der Waals surface area contributed by atoms with Gasteiger partial charge in [-0.1, -0.05) is 18.2 Å². The number of fused-ring (bicyclic) bond motifs is 1. The van der Waals surface area contributed by atoms with Gasteiger partial charge >= 0.3 is 0 Å². The first kappa shape index (κ1) is 20.0. The second-order valence-corrected chi connectivity index (χ2v) is 6.46. The van der Waals surface area contributed by atoms with Crippen molar-refractivity contribution in [1.29, 1.82) is 0 Å². The van der Waals surface area contributed by atoms with Gasteiger partial charge in [-0.3, -0.25) is 0 Å². The van der Waals surface area contributed by atoms with Crippen LogP contribution in [0.3, 0.4) is 0 Å². The van der Waals surface area contributed by atoms with Crippen LogP contribution in [0.2, 0.25) is 0 Å². The van der Waals surface area contributed by atoms with E-state index < -0.39 is 6.10 Å². The molecule has 1 aliphatic heterocycles. The standard InChI is InChI=1S/C22H26O6/c1-4-27-9-5-6-14-10-16-17(13-23)21(28-22(16)20(11-14)26-3)15-7-8-18(24)19(12-15)25-2/h5-8,10-12,17,21,23-24H,4,9,13H2,1-3H3/b6-5+. The van der Waals surface area contributed by atoms with Crippen LogP contribution in [0, 0.1) is 0 Å². The monoisotopic (exact) mass is 386 g/mol. The zero-order chi connectivity index (χ0) is 20.1. The second-order valence-electron chi connectivity index (χ2n) is 6.46. The fourth-order valence-corrected chi connectivity index (χ4v) is 3.40. The van der Waals surface area contributed by atoms with E-state index in [0.29, 0.717) is 30.5 Å². The first-order chi connectivity index (χ1) is 13.6. The van der Waals surface area contributed by atoms with Crippen LogP contribution in [0.15, 0.2) is 36.4 Å². The van der Waals surface area contributed by atoms with Crippen molar-refractivity contribution in [1.82, 2.24) is 0 Å². The maximum absolute atomic E-state index is 10.1. The third kappa shape index (κ3) is 3.93. The van der Waals surface area contributed by atoms with Crippen molar-refractivity contribution in [3.05, 3.63) is 53.1 Å². The van der Waals surface area contributed by atoms with E-state index in [1.165, 1.54) is 7.11 Å². The Morgan fingerprint density at radius 3 is 2.57 bits per heavy atom. The number of hydrogen-bond acceptors (Lipinski definition) is 6. The number of aromatic hydroxyl groups is 1. The highest BCUT2D eigenvalue weighted by atomic mass is 16.5. The first-order valence-electron chi connectivity index (χ1n) is 9.23. The molecule has 2 atom stereocenters. The van der Waals surface area contributed by atoms with Gasteiger partial charge in [-0.2, -0.15) is 0 Å². The third-order valence-corrected chi connectivity index (χ3v) is 4.79. The summed E-state index contributed by atoms with van der Waals surface area (Å²) < 4.78 is 22.3. The molecule has 2 aromatic rings. The van der Waals surface area contributed by atoms with Gasteiger partial charge in [0.25, 0.3) is 0 Å².